The summed E-state index contributed by atoms with van der Waals surface area (Å²) in [5.74, 6) is 1.57. The first kappa shape index (κ1) is 15.3. The predicted octanol–water partition coefficient (Wildman–Crippen LogP) is 2.75. The second-order valence-electron chi connectivity index (χ2n) is 6.78. The van der Waals surface area contributed by atoms with Gasteiger partial charge in [-0.15, -0.1) is 0 Å². The van der Waals surface area contributed by atoms with Crippen LogP contribution in [0.15, 0.2) is 18.2 Å². The summed E-state index contributed by atoms with van der Waals surface area (Å²) in [6, 6.07) is 6.46. The Morgan fingerprint density at radius 1 is 1.41 bits per heavy atom. The molecule has 0 saturated carbocycles. The highest BCUT2D eigenvalue weighted by Gasteiger charge is 2.33. The number of fused-ring (bicyclic) bond motifs is 1. The van der Waals surface area contributed by atoms with Crippen molar-refractivity contribution in [2.24, 2.45) is 5.92 Å². The largest absolute Gasteiger partial charge is 0.479 e. The van der Waals surface area contributed by atoms with Crippen LogP contribution in [0.25, 0.3) is 0 Å². The van der Waals surface area contributed by atoms with Crippen molar-refractivity contribution in [2.45, 2.75) is 52.2 Å². The molecule has 1 saturated heterocycles. The number of benzene rings is 1. The molecule has 0 aromatic heterocycles. The maximum absolute atomic E-state index is 12.4. The van der Waals surface area contributed by atoms with Crippen molar-refractivity contribution < 1.29 is 9.53 Å². The Bertz CT molecular complexity index is 550. The van der Waals surface area contributed by atoms with E-state index in [9.17, 15) is 4.79 Å². The number of nitrogens with one attached hydrogen (secondary N) is 1. The summed E-state index contributed by atoms with van der Waals surface area (Å²) < 4.78 is 5.77. The Kier molecular flexibility index (Phi) is 4.39. The van der Waals surface area contributed by atoms with Crippen molar-refractivity contribution in [3.8, 4) is 5.75 Å². The van der Waals surface area contributed by atoms with Gasteiger partial charge in [-0.05, 0) is 76.7 Å². The normalized spacial score (nSPS) is 25.1. The lowest BCUT2D eigenvalue weighted by Crippen LogP contribution is -2.47. The van der Waals surface area contributed by atoms with Gasteiger partial charge in [0.2, 0.25) is 0 Å². The lowest BCUT2D eigenvalue weighted by Gasteiger charge is -2.36. The fourth-order valence-electron chi connectivity index (χ4n) is 3.50. The van der Waals surface area contributed by atoms with Crippen LogP contribution in [-0.4, -0.2) is 31.1 Å². The predicted molar refractivity (Wildman–Crippen MR) is 88.5 cm³/mol. The molecule has 4 nitrogen and oxygen atoms in total. The number of ether oxygens (including phenoxy) is 1. The van der Waals surface area contributed by atoms with E-state index >= 15 is 0 Å². The Morgan fingerprint density at radius 2 is 2.23 bits per heavy atom. The lowest BCUT2D eigenvalue weighted by atomic mass is 9.92. The zero-order valence-corrected chi connectivity index (χ0v) is 13.8. The molecule has 0 spiro atoms. The molecule has 0 radical (unpaired) electrons. The van der Waals surface area contributed by atoms with E-state index in [0.717, 1.165) is 30.9 Å². The summed E-state index contributed by atoms with van der Waals surface area (Å²) in [4.78, 5) is 14.3. The highest BCUT2D eigenvalue weighted by Crippen LogP contribution is 2.36. The number of piperidine rings is 1. The van der Waals surface area contributed by atoms with Crippen molar-refractivity contribution in [3.63, 3.8) is 0 Å². The number of rotatable bonds is 3. The summed E-state index contributed by atoms with van der Waals surface area (Å²) in [6.45, 7) is 8.16. The van der Waals surface area contributed by atoms with Crippen molar-refractivity contribution in [1.82, 2.24) is 5.32 Å². The molecule has 4 heteroatoms. The fourth-order valence-corrected chi connectivity index (χ4v) is 3.50. The van der Waals surface area contributed by atoms with Gasteiger partial charge in [-0.3, -0.25) is 4.79 Å². The molecule has 1 aromatic carbocycles. The van der Waals surface area contributed by atoms with Crippen LogP contribution >= 0.6 is 0 Å². The fraction of sp³-hybridized carbons (Fsp3) is 0.611. The quantitative estimate of drug-likeness (QED) is 0.933. The lowest BCUT2D eigenvalue weighted by molar-refractivity contribution is -0.125. The molecule has 1 N–H and O–H groups in total. The van der Waals surface area contributed by atoms with E-state index in [1.165, 1.54) is 18.4 Å². The van der Waals surface area contributed by atoms with E-state index < -0.39 is 6.10 Å². The monoisotopic (exact) mass is 302 g/mol. The number of carbonyl (C=O) groups excluding carboxylic acids is 1. The summed E-state index contributed by atoms with van der Waals surface area (Å²) in [5.41, 5.74) is 2.23. The Hall–Kier alpha value is -1.55. The molecule has 2 atom stereocenters. The third-order valence-corrected chi connectivity index (χ3v) is 4.61. The highest BCUT2D eigenvalue weighted by atomic mass is 16.5. The maximum Gasteiger partial charge on any atom is 0.268 e. The Balaban J connectivity index is 1.86. The molecule has 1 amide bonds. The minimum Gasteiger partial charge on any atom is -0.479 e. The van der Waals surface area contributed by atoms with Gasteiger partial charge in [-0.1, -0.05) is 6.07 Å². The van der Waals surface area contributed by atoms with Crippen LogP contribution in [0.1, 0.15) is 39.2 Å². The van der Waals surface area contributed by atoms with Crippen molar-refractivity contribution >= 4 is 11.6 Å². The molecule has 2 heterocycles. The summed E-state index contributed by atoms with van der Waals surface area (Å²) >= 11 is 0. The molecule has 3 rings (SSSR count). The molecule has 2 aliphatic heterocycles. The van der Waals surface area contributed by atoms with E-state index in [4.69, 9.17) is 4.74 Å². The van der Waals surface area contributed by atoms with Crippen LogP contribution in [0.4, 0.5) is 5.69 Å². The average molecular weight is 302 g/mol. The van der Waals surface area contributed by atoms with Gasteiger partial charge in [0.15, 0.2) is 6.10 Å². The number of amides is 1. The van der Waals surface area contributed by atoms with E-state index in [1.54, 1.807) is 0 Å². The second-order valence-corrected chi connectivity index (χ2v) is 6.78. The van der Waals surface area contributed by atoms with Crippen molar-refractivity contribution in [2.75, 3.05) is 18.0 Å². The van der Waals surface area contributed by atoms with Crippen LogP contribution in [0.5, 0.6) is 5.75 Å². The smallest absolute Gasteiger partial charge is 0.268 e. The van der Waals surface area contributed by atoms with E-state index in [-0.39, 0.29) is 11.9 Å². The third-order valence-electron chi connectivity index (χ3n) is 4.61. The molecule has 2 aliphatic rings. The van der Waals surface area contributed by atoms with Crippen LogP contribution < -0.4 is 15.0 Å². The van der Waals surface area contributed by atoms with Gasteiger partial charge in [0, 0.05) is 6.04 Å². The molecule has 1 aromatic rings. The van der Waals surface area contributed by atoms with Gasteiger partial charge >= 0.3 is 0 Å². The van der Waals surface area contributed by atoms with E-state index in [0.29, 0.717) is 5.92 Å². The van der Waals surface area contributed by atoms with Crippen LogP contribution in [0.2, 0.25) is 0 Å². The van der Waals surface area contributed by atoms with Crippen molar-refractivity contribution in [1.29, 1.82) is 0 Å². The highest BCUT2D eigenvalue weighted by molar-refractivity contribution is 6.00. The second kappa shape index (κ2) is 6.29. The molecule has 0 aliphatic carbocycles. The van der Waals surface area contributed by atoms with Gasteiger partial charge < -0.3 is 15.0 Å². The minimum absolute atomic E-state index is 0.0546. The standard InChI is InChI=1S/C18H26N2O2/c1-12(2)20-16-10-14(9-15-5-4-8-19-11-15)6-7-17(16)22-13(3)18(20)21/h6-7,10,12-13,15,19H,4-5,8-9,11H2,1-3H3. The molecule has 0 bridgehead atoms. The summed E-state index contributed by atoms with van der Waals surface area (Å²) in [5, 5.41) is 3.47. The molecule has 120 valence electrons. The van der Waals surface area contributed by atoms with Crippen LogP contribution in [-0.2, 0) is 11.2 Å². The first-order valence-corrected chi connectivity index (χ1v) is 8.39. The third kappa shape index (κ3) is 2.98. The zero-order valence-electron chi connectivity index (χ0n) is 13.8. The Morgan fingerprint density at radius 3 is 2.91 bits per heavy atom. The SMILES string of the molecule is CC1Oc2ccc(CC3CCCNC3)cc2N(C(C)C)C1=O. The van der Waals surface area contributed by atoms with Crippen LogP contribution in [0.3, 0.4) is 0 Å². The number of anilines is 1. The van der Waals surface area contributed by atoms with Crippen LogP contribution in [0, 0.1) is 5.92 Å². The Labute approximate surface area is 132 Å². The minimum atomic E-state index is -0.400. The number of nitrogens with zero attached hydrogens (tertiary/aromatic N) is 1. The number of hydrogen-bond donors (Lipinski definition) is 1. The van der Waals surface area contributed by atoms with E-state index in [1.807, 2.05) is 17.9 Å². The average Bonchev–Trinajstić information content (AvgIpc) is 2.49. The topological polar surface area (TPSA) is 41.6 Å². The number of hydrogen-bond acceptors (Lipinski definition) is 3. The summed E-state index contributed by atoms with van der Waals surface area (Å²) in [7, 11) is 0. The zero-order chi connectivity index (χ0) is 15.7. The summed E-state index contributed by atoms with van der Waals surface area (Å²) in [6.07, 6.45) is 3.20. The van der Waals surface area contributed by atoms with Gasteiger partial charge in [0.1, 0.15) is 5.75 Å². The van der Waals surface area contributed by atoms with E-state index in [2.05, 4.69) is 31.3 Å². The van der Waals surface area contributed by atoms with Gasteiger partial charge in [0.25, 0.3) is 5.91 Å². The molecular formula is C18H26N2O2. The number of carbonyl (C=O) groups is 1. The molecule has 22 heavy (non-hydrogen) atoms. The first-order chi connectivity index (χ1) is 10.6. The van der Waals surface area contributed by atoms with Gasteiger partial charge in [-0.25, -0.2) is 0 Å². The molecular weight excluding hydrogens is 276 g/mol. The van der Waals surface area contributed by atoms with Gasteiger partial charge in [-0.2, -0.15) is 0 Å². The first-order valence-electron chi connectivity index (χ1n) is 8.39. The van der Waals surface area contributed by atoms with Crippen molar-refractivity contribution in [3.05, 3.63) is 23.8 Å². The maximum atomic E-state index is 12.4. The molecule has 2 unspecified atom stereocenters. The van der Waals surface area contributed by atoms with Gasteiger partial charge in [0.05, 0.1) is 5.69 Å². The molecule has 1 fully saturated rings.